The van der Waals surface area contributed by atoms with Gasteiger partial charge in [-0.25, -0.2) is 9.69 Å². The molecule has 8 nitrogen and oxygen atoms in total. The summed E-state index contributed by atoms with van der Waals surface area (Å²) in [5.74, 6) is -2.75. The van der Waals surface area contributed by atoms with Crippen molar-refractivity contribution < 1.29 is 23.9 Å². The SMILES string of the molecule is CCOC(=O)[C@H]1C=C(c2ccccc2)C(C#N)=C(N)[C@]12C(=O)N(C(=O)OC(C)(C)C)c1cc(Br)ccc12. The topological polar surface area (TPSA) is 123 Å². The Kier molecular flexibility index (Phi) is 6.74. The van der Waals surface area contributed by atoms with Crippen molar-refractivity contribution in [2.45, 2.75) is 38.7 Å². The number of anilines is 1. The quantitative estimate of drug-likeness (QED) is 0.522. The third-order valence-electron chi connectivity index (χ3n) is 6.24. The van der Waals surface area contributed by atoms with Gasteiger partial charge in [0.2, 0.25) is 0 Å². The molecule has 1 aliphatic carbocycles. The molecule has 1 spiro atoms. The molecule has 0 bridgehead atoms. The summed E-state index contributed by atoms with van der Waals surface area (Å²) in [7, 11) is 0. The highest BCUT2D eigenvalue weighted by atomic mass is 79.9. The molecular formula is C28H26BrN3O5. The molecule has 0 saturated heterocycles. The van der Waals surface area contributed by atoms with Gasteiger partial charge in [0, 0.05) is 10.2 Å². The van der Waals surface area contributed by atoms with Gasteiger partial charge in [-0.1, -0.05) is 58.4 Å². The van der Waals surface area contributed by atoms with Crippen LogP contribution < -0.4 is 10.6 Å². The molecule has 0 fully saturated rings. The third kappa shape index (κ3) is 4.21. The Bertz CT molecular complexity index is 1400. The van der Waals surface area contributed by atoms with Gasteiger partial charge in [-0.15, -0.1) is 0 Å². The first-order chi connectivity index (χ1) is 17.5. The maximum Gasteiger partial charge on any atom is 0.421 e. The van der Waals surface area contributed by atoms with Crippen LogP contribution in [0.25, 0.3) is 5.57 Å². The van der Waals surface area contributed by atoms with E-state index in [1.165, 1.54) is 0 Å². The van der Waals surface area contributed by atoms with Crippen molar-refractivity contribution >= 4 is 45.2 Å². The molecule has 1 heterocycles. The standard InChI is InChI=1S/C28H26BrN3O5/c1-5-36-24(33)21-14-18(16-9-7-6-8-10-16)19(15-30)23(31)28(21)20-12-11-17(29)13-22(20)32(25(28)34)26(35)37-27(2,3)4/h6-14,21H,5,31H2,1-4H3/t21-,28-/m1/s1. The number of allylic oxidation sites excluding steroid dienone is 2. The Labute approximate surface area is 223 Å². The van der Waals surface area contributed by atoms with Gasteiger partial charge in [0.1, 0.15) is 23.0 Å². The summed E-state index contributed by atoms with van der Waals surface area (Å²) in [6, 6.07) is 16.0. The van der Waals surface area contributed by atoms with Gasteiger partial charge in [-0.2, -0.15) is 5.26 Å². The normalized spacial score (nSPS) is 20.9. The Morgan fingerprint density at radius 2 is 1.86 bits per heavy atom. The molecule has 0 saturated carbocycles. The van der Waals surface area contributed by atoms with Crippen LogP contribution in [0.5, 0.6) is 0 Å². The average Bonchev–Trinajstić information content (AvgIpc) is 3.08. The maximum absolute atomic E-state index is 14.4. The first kappa shape index (κ1) is 26.2. The van der Waals surface area contributed by atoms with E-state index in [0.29, 0.717) is 21.2 Å². The fourth-order valence-corrected chi connectivity index (χ4v) is 5.16. The molecule has 190 valence electrons. The molecule has 2 amide bonds. The smallest absolute Gasteiger partial charge is 0.421 e. The van der Waals surface area contributed by atoms with Gasteiger partial charge in [0.05, 0.1) is 17.9 Å². The summed E-state index contributed by atoms with van der Waals surface area (Å²) >= 11 is 3.40. The van der Waals surface area contributed by atoms with Gasteiger partial charge in [-0.05, 0) is 56.5 Å². The van der Waals surface area contributed by atoms with Crippen LogP contribution in [0.2, 0.25) is 0 Å². The summed E-state index contributed by atoms with van der Waals surface area (Å²) in [4.78, 5) is 42.1. The molecule has 4 rings (SSSR count). The Balaban J connectivity index is 2.04. The number of halogens is 1. The van der Waals surface area contributed by atoms with Gasteiger partial charge in [0.15, 0.2) is 0 Å². The number of imide groups is 1. The maximum atomic E-state index is 14.4. The highest BCUT2D eigenvalue weighted by Gasteiger charge is 2.63. The van der Waals surface area contributed by atoms with Crippen molar-refractivity contribution in [1.29, 1.82) is 5.26 Å². The van der Waals surface area contributed by atoms with E-state index in [2.05, 4.69) is 22.0 Å². The Morgan fingerprint density at radius 3 is 2.46 bits per heavy atom. The second-order valence-corrected chi connectivity index (χ2v) is 10.6. The summed E-state index contributed by atoms with van der Waals surface area (Å²) in [5, 5.41) is 10.2. The van der Waals surface area contributed by atoms with E-state index in [1.54, 1.807) is 76.2 Å². The molecule has 2 aromatic carbocycles. The number of hydrogen-bond donors (Lipinski definition) is 1. The number of carbonyl (C=O) groups excluding carboxylic acids is 3. The van der Waals surface area contributed by atoms with Crippen LogP contribution in [0.15, 0.2) is 70.3 Å². The average molecular weight is 564 g/mol. The lowest BCUT2D eigenvalue weighted by molar-refractivity contribution is -0.150. The van der Waals surface area contributed by atoms with Crippen LogP contribution in [-0.4, -0.2) is 30.2 Å². The number of esters is 1. The van der Waals surface area contributed by atoms with Crippen LogP contribution in [-0.2, 0) is 24.5 Å². The number of amides is 2. The van der Waals surface area contributed by atoms with Crippen molar-refractivity contribution in [2.24, 2.45) is 11.7 Å². The van der Waals surface area contributed by atoms with E-state index in [-0.39, 0.29) is 23.6 Å². The van der Waals surface area contributed by atoms with Crippen molar-refractivity contribution in [3.05, 3.63) is 81.5 Å². The van der Waals surface area contributed by atoms with Gasteiger partial charge in [0.25, 0.3) is 5.91 Å². The molecule has 0 radical (unpaired) electrons. The second kappa shape index (κ2) is 9.52. The van der Waals surface area contributed by atoms with Crippen molar-refractivity contribution in [3.8, 4) is 6.07 Å². The first-order valence-electron chi connectivity index (χ1n) is 11.7. The number of rotatable bonds is 3. The molecule has 2 aromatic rings. The molecule has 2 atom stereocenters. The third-order valence-corrected chi connectivity index (χ3v) is 6.74. The highest BCUT2D eigenvalue weighted by molar-refractivity contribution is 9.10. The Hall–Kier alpha value is -3.90. The first-order valence-corrected chi connectivity index (χ1v) is 12.5. The molecular weight excluding hydrogens is 538 g/mol. The number of benzene rings is 2. The highest BCUT2D eigenvalue weighted by Crippen LogP contribution is 2.55. The fraction of sp³-hybridized carbons (Fsp3) is 0.286. The van der Waals surface area contributed by atoms with Crippen LogP contribution in [0.1, 0.15) is 38.8 Å². The molecule has 0 aromatic heterocycles. The fourth-order valence-electron chi connectivity index (χ4n) is 4.81. The summed E-state index contributed by atoms with van der Waals surface area (Å²) in [5.41, 5.74) is 5.41. The van der Waals surface area contributed by atoms with Gasteiger partial charge >= 0.3 is 12.1 Å². The minimum Gasteiger partial charge on any atom is -0.465 e. The van der Waals surface area contributed by atoms with Crippen molar-refractivity contribution in [1.82, 2.24) is 0 Å². The van der Waals surface area contributed by atoms with Crippen LogP contribution in [0.3, 0.4) is 0 Å². The van der Waals surface area contributed by atoms with Crippen molar-refractivity contribution in [3.63, 3.8) is 0 Å². The summed E-state index contributed by atoms with van der Waals surface area (Å²) in [6.45, 7) is 6.77. The predicted octanol–water partition coefficient (Wildman–Crippen LogP) is 4.98. The monoisotopic (exact) mass is 563 g/mol. The molecule has 1 aliphatic heterocycles. The number of ether oxygens (including phenoxy) is 2. The lowest BCUT2D eigenvalue weighted by Crippen LogP contribution is -2.54. The van der Waals surface area contributed by atoms with Crippen LogP contribution >= 0.6 is 15.9 Å². The van der Waals surface area contributed by atoms with E-state index < -0.39 is 34.9 Å². The zero-order chi connectivity index (χ0) is 27.1. The number of nitrogens with zero attached hydrogens (tertiary/aromatic N) is 2. The largest absolute Gasteiger partial charge is 0.465 e. The lowest BCUT2D eigenvalue weighted by atomic mass is 9.63. The summed E-state index contributed by atoms with van der Waals surface area (Å²) < 4.78 is 11.5. The molecule has 2 N–H and O–H groups in total. The number of fused-ring (bicyclic) bond motifs is 2. The number of nitriles is 1. The molecule has 37 heavy (non-hydrogen) atoms. The van der Waals surface area contributed by atoms with E-state index in [4.69, 9.17) is 15.2 Å². The lowest BCUT2D eigenvalue weighted by Gasteiger charge is -2.38. The minimum atomic E-state index is -1.89. The van der Waals surface area contributed by atoms with E-state index in [1.807, 2.05) is 6.07 Å². The van der Waals surface area contributed by atoms with Crippen LogP contribution in [0.4, 0.5) is 10.5 Å². The van der Waals surface area contributed by atoms with E-state index >= 15 is 0 Å². The summed E-state index contributed by atoms with van der Waals surface area (Å²) in [6.07, 6.45) is 0.630. The predicted molar refractivity (Wildman–Crippen MR) is 141 cm³/mol. The molecule has 9 heteroatoms. The van der Waals surface area contributed by atoms with Crippen molar-refractivity contribution in [2.75, 3.05) is 11.5 Å². The van der Waals surface area contributed by atoms with E-state index in [9.17, 15) is 19.6 Å². The zero-order valence-electron chi connectivity index (χ0n) is 20.9. The van der Waals surface area contributed by atoms with Gasteiger partial charge < -0.3 is 15.2 Å². The number of nitrogens with two attached hydrogens (primary N) is 1. The Morgan fingerprint density at radius 1 is 1.19 bits per heavy atom. The van der Waals surface area contributed by atoms with Crippen LogP contribution in [0, 0.1) is 17.2 Å². The molecule has 2 aliphatic rings. The number of hydrogen-bond acceptors (Lipinski definition) is 7. The van der Waals surface area contributed by atoms with E-state index in [0.717, 1.165) is 4.90 Å². The molecule has 0 unspecified atom stereocenters. The number of carbonyl (C=O) groups is 3. The minimum absolute atomic E-state index is 0.0417. The van der Waals surface area contributed by atoms with Gasteiger partial charge in [-0.3, -0.25) is 9.59 Å². The second-order valence-electron chi connectivity index (χ2n) is 9.67. The zero-order valence-corrected chi connectivity index (χ0v) is 22.5.